The Labute approximate surface area is 185 Å². The topological polar surface area (TPSA) is 78.7 Å². The van der Waals surface area contributed by atoms with Crippen LogP contribution < -0.4 is 11.1 Å². The van der Waals surface area contributed by atoms with Gasteiger partial charge in [0.1, 0.15) is 0 Å². The zero-order valence-electron chi connectivity index (χ0n) is 18.6. The van der Waals surface area contributed by atoms with E-state index in [9.17, 15) is 9.59 Å². The third kappa shape index (κ3) is 6.39. The van der Waals surface area contributed by atoms with E-state index in [0.29, 0.717) is 18.7 Å². The molecule has 3 N–H and O–H groups in total. The number of nitrogens with two attached hydrogens (primary N) is 1. The lowest BCUT2D eigenvalue weighted by Crippen LogP contribution is -2.40. The average Bonchev–Trinajstić information content (AvgIpc) is 2.79. The fourth-order valence-corrected chi connectivity index (χ4v) is 4.11. The monoisotopic (exact) mass is 422 g/mol. The Morgan fingerprint density at radius 1 is 1.10 bits per heavy atom. The minimum Gasteiger partial charge on any atom is -0.369 e. The van der Waals surface area contributed by atoms with Crippen molar-refractivity contribution in [1.82, 2.24) is 9.80 Å². The van der Waals surface area contributed by atoms with Crippen molar-refractivity contribution in [3.05, 3.63) is 65.2 Å². The SMILES string of the molecule is CCN(CC)Cc1ccc(C(=O)Nc2ccccc2CN2CCCC(C(N)=O)C2)cc1. The van der Waals surface area contributed by atoms with Crippen molar-refractivity contribution in [2.24, 2.45) is 11.7 Å². The highest BCUT2D eigenvalue weighted by Gasteiger charge is 2.24. The number of anilines is 1. The van der Waals surface area contributed by atoms with Crippen molar-refractivity contribution >= 4 is 17.5 Å². The maximum atomic E-state index is 12.8. The van der Waals surface area contributed by atoms with Crippen LogP contribution in [-0.4, -0.2) is 47.8 Å². The van der Waals surface area contributed by atoms with E-state index >= 15 is 0 Å². The zero-order valence-corrected chi connectivity index (χ0v) is 18.6. The number of carbonyl (C=O) groups excluding carboxylic acids is 2. The van der Waals surface area contributed by atoms with Crippen LogP contribution in [0.25, 0.3) is 0 Å². The number of para-hydroxylation sites is 1. The van der Waals surface area contributed by atoms with Gasteiger partial charge in [0.25, 0.3) is 5.91 Å². The molecule has 2 aromatic rings. The van der Waals surface area contributed by atoms with Gasteiger partial charge in [-0.15, -0.1) is 0 Å². The fraction of sp³-hybridized carbons (Fsp3) is 0.440. The maximum absolute atomic E-state index is 12.8. The predicted octanol–water partition coefficient (Wildman–Crippen LogP) is 3.48. The first-order valence-electron chi connectivity index (χ1n) is 11.2. The van der Waals surface area contributed by atoms with E-state index in [0.717, 1.165) is 50.3 Å². The van der Waals surface area contributed by atoms with Crippen LogP contribution in [0.2, 0.25) is 0 Å². The quantitative estimate of drug-likeness (QED) is 0.649. The Hall–Kier alpha value is -2.70. The van der Waals surface area contributed by atoms with Crippen LogP contribution in [0.4, 0.5) is 5.69 Å². The van der Waals surface area contributed by atoms with E-state index in [1.807, 2.05) is 48.5 Å². The summed E-state index contributed by atoms with van der Waals surface area (Å²) in [7, 11) is 0. The molecule has 1 saturated heterocycles. The number of primary amides is 1. The molecular weight excluding hydrogens is 388 g/mol. The van der Waals surface area contributed by atoms with Gasteiger partial charge in [-0.2, -0.15) is 0 Å². The smallest absolute Gasteiger partial charge is 0.255 e. The number of amides is 2. The minimum atomic E-state index is -0.226. The highest BCUT2D eigenvalue weighted by molar-refractivity contribution is 6.04. The summed E-state index contributed by atoms with van der Waals surface area (Å²) < 4.78 is 0. The van der Waals surface area contributed by atoms with Crippen molar-refractivity contribution in [3.8, 4) is 0 Å². The van der Waals surface area contributed by atoms with Gasteiger partial charge in [0.2, 0.25) is 5.91 Å². The van der Waals surface area contributed by atoms with Gasteiger partial charge < -0.3 is 11.1 Å². The van der Waals surface area contributed by atoms with E-state index in [-0.39, 0.29) is 17.7 Å². The van der Waals surface area contributed by atoms with Crippen molar-refractivity contribution in [1.29, 1.82) is 0 Å². The molecular formula is C25H34N4O2. The van der Waals surface area contributed by atoms with Gasteiger partial charge in [0.15, 0.2) is 0 Å². The molecule has 0 aromatic heterocycles. The van der Waals surface area contributed by atoms with Gasteiger partial charge in [-0.25, -0.2) is 0 Å². The molecule has 2 amide bonds. The first-order valence-corrected chi connectivity index (χ1v) is 11.2. The van der Waals surface area contributed by atoms with Crippen LogP contribution >= 0.6 is 0 Å². The summed E-state index contributed by atoms with van der Waals surface area (Å²) in [4.78, 5) is 29.0. The fourth-order valence-electron chi connectivity index (χ4n) is 4.11. The molecule has 3 rings (SSSR count). The van der Waals surface area contributed by atoms with E-state index < -0.39 is 0 Å². The summed E-state index contributed by atoms with van der Waals surface area (Å²) >= 11 is 0. The molecule has 2 aromatic carbocycles. The number of benzene rings is 2. The lowest BCUT2D eigenvalue weighted by molar-refractivity contribution is -0.123. The number of carbonyl (C=O) groups is 2. The number of hydrogen-bond donors (Lipinski definition) is 2. The number of nitrogens with zero attached hydrogens (tertiary/aromatic N) is 2. The van der Waals surface area contributed by atoms with Crippen LogP contribution in [-0.2, 0) is 17.9 Å². The molecule has 1 fully saturated rings. The minimum absolute atomic E-state index is 0.0923. The molecule has 1 unspecified atom stereocenters. The van der Waals surface area contributed by atoms with Gasteiger partial charge in [-0.3, -0.25) is 19.4 Å². The van der Waals surface area contributed by atoms with Crippen molar-refractivity contribution < 1.29 is 9.59 Å². The van der Waals surface area contributed by atoms with Gasteiger partial charge in [-0.1, -0.05) is 44.2 Å². The second-order valence-corrected chi connectivity index (χ2v) is 8.25. The summed E-state index contributed by atoms with van der Waals surface area (Å²) in [5.74, 6) is -0.434. The van der Waals surface area contributed by atoms with Gasteiger partial charge >= 0.3 is 0 Å². The molecule has 0 aliphatic carbocycles. The Morgan fingerprint density at radius 2 is 1.81 bits per heavy atom. The maximum Gasteiger partial charge on any atom is 0.255 e. The lowest BCUT2D eigenvalue weighted by atomic mass is 9.97. The Balaban J connectivity index is 1.65. The van der Waals surface area contributed by atoms with Crippen LogP contribution in [0.3, 0.4) is 0 Å². The largest absolute Gasteiger partial charge is 0.369 e. The third-order valence-corrected chi connectivity index (χ3v) is 6.08. The highest BCUT2D eigenvalue weighted by Crippen LogP contribution is 2.23. The molecule has 0 saturated carbocycles. The second-order valence-electron chi connectivity index (χ2n) is 8.25. The molecule has 0 spiro atoms. The third-order valence-electron chi connectivity index (χ3n) is 6.08. The normalized spacial score (nSPS) is 16.9. The highest BCUT2D eigenvalue weighted by atomic mass is 16.2. The number of nitrogens with one attached hydrogen (secondary N) is 1. The molecule has 0 radical (unpaired) electrons. The van der Waals surface area contributed by atoms with Crippen molar-refractivity contribution in [3.63, 3.8) is 0 Å². The van der Waals surface area contributed by atoms with Crippen LogP contribution in [0.1, 0.15) is 48.2 Å². The zero-order chi connectivity index (χ0) is 22.2. The average molecular weight is 423 g/mol. The molecule has 1 aliphatic rings. The Kier molecular flexibility index (Phi) is 8.20. The van der Waals surface area contributed by atoms with Crippen LogP contribution in [0, 0.1) is 5.92 Å². The van der Waals surface area contributed by atoms with E-state index in [4.69, 9.17) is 5.73 Å². The summed E-state index contributed by atoms with van der Waals surface area (Å²) in [6, 6.07) is 15.7. The van der Waals surface area contributed by atoms with Crippen LogP contribution in [0.15, 0.2) is 48.5 Å². The number of hydrogen-bond acceptors (Lipinski definition) is 4. The summed E-state index contributed by atoms with van der Waals surface area (Å²) in [5.41, 5.74) is 9.20. The lowest BCUT2D eigenvalue weighted by Gasteiger charge is -2.31. The Morgan fingerprint density at radius 3 is 2.48 bits per heavy atom. The molecule has 1 atom stereocenters. The van der Waals surface area contributed by atoms with Gasteiger partial charge in [0.05, 0.1) is 5.92 Å². The number of rotatable bonds is 9. The number of likely N-dealkylation sites (tertiary alicyclic amines) is 1. The van der Waals surface area contributed by atoms with E-state index in [2.05, 4.69) is 29.0 Å². The number of piperidine rings is 1. The molecule has 31 heavy (non-hydrogen) atoms. The Bertz CT molecular complexity index is 877. The molecule has 6 heteroatoms. The first-order chi connectivity index (χ1) is 15.0. The molecule has 166 valence electrons. The molecule has 6 nitrogen and oxygen atoms in total. The predicted molar refractivity (Wildman–Crippen MR) is 125 cm³/mol. The molecule has 1 aliphatic heterocycles. The standard InChI is InChI=1S/C25H34N4O2/c1-3-28(4-2)16-19-11-13-20(14-12-19)25(31)27-23-10-6-5-8-21(23)17-29-15-7-9-22(18-29)24(26)30/h5-6,8,10-14,22H,3-4,7,9,15-18H2,1-2H3,(H2,26,30)(H,27,31). The van der Waals surface area contributed by atoms with Crippen molar-refractivity contribution in [2.75, 3.05) is 31.5 Å². The molecule has 0 bridgehead atoms. The summed E-state index contributed by atoms with van der Waals surface area (Å²) in [6.45, 7) is 9.50. The van der Waals surface area contributed by atoms with E-state index in [1.54, 1.807) is 0 Å². The van der Waals surface area contributed by atoms with Crippen molar-refractivity contribution in [2.45, 2.75) is 39.8 Å². The first kappa shape index (κ1) is 23.0. The molecule has 1 heterocycles. The van der Waals surface area contributed by atoms with Crippen LogP contribution in [0.5, 0.6) is 0 Å². The van der Waals surface area contributed by atoms with Gasteiger partial charge in [0, 0.05) is 30.9 Å². The van der Waals surface area contributed by atoms with E-state index in [1.165, 1.54) is 5.56 Å². The van der Waals surface area contributed by atoms with Gasteiger partial charge in [-0.05, 0) is 61.8 Å². The second kappa shape index (κ2) is 11.1. The summed E-state index contributed by atoms with van der Waals surface area (Å²) in [6.07, 6.45) is 1.82. The summed E-state index contributed by atoms with van der Waals surface area (Å²) in [5, 5.41) is 3.07.